The molecule has 1 aromatic rings. The number of phosphoric acid groups is 1. The Labute approximate surface area is 258 Å². The number of nitrogens with zero attached hydrogens (tertiary/aromatic N) is 2. The Morgan fingerprint density at radius 1 is 1.15 bits per heavy atom. The van der Waals surface area contributed by atoms with Crippen molar-refractivity contribution in [3.8, 4) is 0 Å². The molecule has 0 amide bonds. The quantitative estimate of drug-likeness (QED) is 0.105. The van der Waals surface area contributed by atoms with Crippen molar-refractivity contribution in [2.45, 2.75) is 36.5 Å². The Morgan fingerprint density at radius 3 is 2.15 bits per heavy atom. The van der Waals surface area contributed by atoms with E-state index in [1.807, 2.05) is 0 Å². The zero-order valence-electron chi connectivity index (χ0n) is 18.5. The maximum Gasteiger partial charge on any atom is 1.00 e. The Hall–Kier alpha value is 1.97. The Balaban J connectivity index is 0. The molecule has 1 aliphatic rings. The fourth-order valence-corrected chi connectivity index (χ4v) is 6.20. The third-order valence-corrected chi connectivity index (χ3v) is 10.1. The fraction of sp³-hybridized carbons (Fsp3) is 0.636. The number of hydrogen-bond acceptors (Lipinski definition) is 12. The van der Waals surface area contributed by atoms with Gasteiger partial charge in [0.1, 0.15) is 24.1 Å². The number of hydrogen-bond donors (Lipinski definition) is 8. The largest absolute Gasteiger partial charge is 1.00 e. The number of nitrogen functional groups attached to an aromatic ring is 1. The first-order valence-corrected chi connectivity index (χ1v) is 12.7. The second-order valence-electron chi connectivity index (χ2n) is 6.47. The second kappa shape index (κ2) is 13.9. The summed E-state index contributed by atoms with van der Waals surface area (Å²) < 4.78 is 49.2. The number of ether oxygens (including phenoxy) is 1. The first-order chi connectivity index (χ1) is 13.9. The number of rotatable bonds is 8. The smallest absolute Gasteiger partial charge is 0.387 e. The van der Waals surface area contributed by atoms with E-state index in [-0.39, 0.29) is 101 Å². The molecular formula is C11H20N3Na3O14P3+3. The van der Waals surface area contributed by atoms with Crippen molar-refractivity contribution in [1.82, 2.24) is 9.55 Å². The molecule has 9 N–H and O–H groups in total. The van der Waals surface area contributed by atoms with E-state index < -0.39 is 64.9 Å². The van der Waals surface area contributed by atoms with Crippen LogP contribution in [-0.2, 0) is 27.3 Å². The van der Waals surface area contributed by atoms with Crippen molar-refractivity contribution >= 4 is 28.8 Å². The molecule has 0 spiro atoms. The standard InChI is InChI=1S/C11H20N3O14P3.3Na/c1-11(18,29(19,20)21)30(22,23)28-31(24,25)26-4-5-7(15)8(16)9(27-5)14-3-2-6(12)13-10(14)17;;;/h2-3,5,7-9,15-16,18H,4H2,1H3,(H,22,23)(H,24,25)(H2,12,13,17)(H2,19,20,21);;;/q;3*+1/t5-,7-,8+,9-,11?;;;/m1.../s1. The van der Waals surface area contributed by atoms with Crippen LogP contribution >= 0.6 is 23.0 Å². The summed E-state index contributed by atoms with van der Waals surface area (Å²) in [6, 6.07) is 1.19. The monoisotopic (exact) mass is 580 g/mol. The Morgan fingerprint density at radius 2 is 1.68 bits per heavy atom. The van der Waals surface area contributed by atoms with Gasteiger partial charge in [-0.05, 0) is 13.0 Å². The minimum Gasteiger partial charge on any atom is -0.387 e. The molecule has 34 heavy (non-hydrogen) atoms. The molecule has 17 nitrogen and oxygen atoms in total. The molecule has 3 unspecified atom stereocenters. The molecular weight excluding hydrogens is 560 g/mol. The average Bonchev–Trinajstić information content (AvgIpc) is 2.86. The zero-order valence-corrected chi connectivity index (χ0v) is 27.2. The van der Waals surface area contributed by atoms with Crippen LogP contribution in [0.4, 0.5) is 5.82 Å². The van der Waals surface area contributed by atoms with Crippen molar-refractivity contribution < 1.29 is 151 Å². The summed E-state index contributed by atoms with van der Waals surface area (Å²) in [6.45, 7) is -0.852. The summed E-state index contributed by atoms with van der Waals surface area (Å²) >= 11 is 0. The fourth-order valence-electron chi connectivity index (χ4n) is 2.29. The molecule has 1 aromatic heterocycles. The molecule has 2 rings (SSSR count). The van der Waals surface area contributed by atoms with Gasteiger partial charge in [0.15, 0.2) is 6.23 Å². The van der Waals surface area contributed by atoms with Crippen LogP contribution in [0.25, 0.3) is 0 Å². The molecule has 0 aliphatic carbocycles. The molecule has 178 valence electrons. The van der Waals surface area contributed by atoms with Crippen LogP contribution in [0, 0.1) is 0 Å². The van der Waals surface area contributed by atoms with Gasteiger partial charge in [0.05, 0.1) is 6.61 Å². The van der Waals surface area contributed by atoms with Gasteiger partial charge >= 0.3 is 117 Å². The third kappa shape index (κ3) is 8.75. The summed E-state index contributed by atoms with van der Waals surface area (Å²) in [5.41, 5.74) is 4.39. The minimum absolute atomic E-state index is 0. The number of aliphatic hydroxyl groups is 3. The molecule has 1 saturated heterocycles. The van der Waals surface area contributed by atoms with Gasteiger partial charge in [-0.2, -0.15) is 4.98 Å². The number of aromatic nitrogens is 2. The van der Waals surface area contributed by atoms with Crippen molar-refractivity contribution in [2.75, 3.05) is 12.3 Å². The molecule has 0 radical (unpaired) electrons. The van der Waals surface area contributed by atoms with E-state index in [9.17, 15) is 43.6 Å². The number of aliphatic hydroxyl groups excluding tert-OH is 2. The van der Waals surface area contributed by atoms with Gasteiger partial charge in [0, 0.05) is 6.20 Å². The molecule has 2 heterocycles. The van der Waals surface area contributed by atoms with Crippen molar-refractivity contribution in [1.29, 1.82) is 0 Å². The molecule has 1 fully saturated rings. The topological polar surface area (TPSA) is 281 Å². The summed E-state index contributed by atoms with van der Waals surface area (Å²) in [5.74, 6) is -0.132. The van der Waals surface area contributed by atoms with Crippen molar-refractivity contribution in [3.05, 3.63) is 22.7 Å². The first kappa shape index (κ1) is 38.1. The molecule has 0 aromatic carbocycles. The number of anilines is 1. The number of nitrogens with two attached hydrogens (primary N) is 1. The van der Waals surface area contributed by atoms with Crippen LogP contribution in [0.3, 0.4) is 0 Å². The number of phosphoric ester groups is 1. The van der Waals surface area contributed by atoms with E-state index in [2.05, 4.69) is 13.8 Å². The van der Waals surface area contributed by atoms with Crippen LogP contribution in [0.2, 0.25) is 0 Å². The summed E-state index contributed by atoms with van der Waals surface area (Å²) in [5, 5.41) is 25.9. The molecule has 0 saturated carbocycles. The van der Waals surface area contributed by atoms with E-state index in [4.69, 9.17) is 20.3 Å². The predicted octanol–water partition coefficient (Wildman–Crippen LogP) is -11.4. The summed E-state index contributed by atoms with van der Waals surface area (Å²) in [4.78, 5) is 52.3. The van der Waals surface area contributed by atoms with Crippen molar-refractivity contribution in [3.63, 3.8) is 0 Å². The summed E-state index contributed by atoms with van der Waals surface area (Å²) in [6.07, 6.45) is -5.51. The Bertz CT molecular complexity index is 1040. The van der Waals surface area contributed by atoms with Gasteiger partial charge in [0.25, 0.3) is 5.08 Å². The van der Waals surface area contributed by atoms with Crippen LogP contribution in [0.15, 0.2) is 17.1 Å². The van der Waals surface area contributed by atoms with Gasteiger partial charge in [-0.1, -0.05) is 0 Å². The zero-order chi connectivity index (χ0) is 24.0. The van der Waals surface area contributed by atoms with Crippen molar-refractivity contribution in [2.24, 2.45) is 0 Å². The van der Waals surface area contributed by atoms with E-state index >= 15 is 0 Å². The predicted molar refractivity (Wildman–Crippen MR) is 98.2 cm³/mol. The van der Waals surface area contributed by atoms with Crippen LogP contribution in [-0.4, -0.2) is 74.4 Å². The average molecular weight is 580 g/mol. The minimum atomic E-state index is -5.86. The van der Waals surface area contributed by atoms with Gasteiger partial charge in [-0.3, -0.25) is 18.2 Å². The molecule has 1 aliphatic heterocycles. The van der Waals surface area contributed by atoms with E-state index in [1.54, 1.807) is 0 Å². The normalized spacial score (nSPS) is 27.6. The van der Waals surface area contributed by atoms with Crippen LogP contribution in [0.1, 0.15) is 13.2 Å². The van der Waals surface area contributed by atoms with Gasteiger partial charge in [0.2, 0.25) is 0 Å². The van der Waals surface area contributed by atoms with Gasteiger partial charge in [-0.25, -0.2) is 13.7 Å². The molecule has 0 bridgehead atoms. The molecule has 7 atom stereocenters. The maximum absolute atomic E-state index is 11.9. The summed E-state index contributed by atoms with van der Waals surface area (Å²) in [7, 11) is -17.1. The first-order valence-electron chi connectivity index (χ1n) is 8.05. The van der Waals surface area contributed by atoms with E-state index in [1.165, 1.54) is 6.07 Å². The molecule has 23 heteroatoms. The third-order valence-electron chi connectivity index (χ3n) is 4.17. The van der Waals surface area contributed by atoms with Crippen LogP contribution in [0.5, 0.6) is 0 Å². The van der Waals surface area contributed by atoms with Crippen LogP contribution < -0.4 is 100 Å². The maximum atomic E-state index is 11.9. The Kier molecular flexibility index (Phi) is 15.5. The van der Waals surface area contributed by atoms with E-state index in [0.29, 0.717) is 0 Å². The van der Waals surface area contributed by atoms with Gasteiger partial charge in [-0.15, -0.1) is 0 Å². The second-order valence-corrected chi connectivity index (χ2v) is 12.5. The SMILES string of the molecule is CC(O)(P(=O)(O)O)P(=O)(O)OP(=O)(O)OC[C@H]1O[C@@H](n2ccc(N)nc2=O)[C@@H](O)[C@@H]1O.[Na+].[Na+].[Na+]. The van der Waals surface area contributed by atoms with E-state index in [0.717, 1.165) is 10.8 Å². The van der Waals surface area contributed by atoms with Gasteiger partial charge < -0.3 is 45.4 Å².